The molecule has 0 saturated heterocycles. The number of nitrogens with two attached hydrogens (primary N) is 1. The smallest absolute Gasteiger partial charge is 0.332 e. The average Bonchev–Trinajstić information content (AvgIpc) is 2.55. The van der Waals surface area contributed by atoms with Gasteiger partial charge in [-0.3, -0.25) is 18.7 Å². The Labute approximate surface area is 128 Å². The van der Waals surface area contributed by atoms with Crippen LogP contribution < -0.4 is 22.3 Å². The number of nitrogens with zero attached hydrogens (tertiary/aromatic N) is 3. The number of amides is 1. The Bertz CT molecular complexity index is 888. The Morgan fingerprint density at radius 3 is 2.61 bits per heavy atom. The first kappa shape index (κ1) is 16.7. The Morgan fingerprint density at radius 2 is 2.00 bits per heavy atom. The summed E-state index contributed by atoms with van der Waals surface area (Å²) in [5.74, 6) is -4.04. The molecular formula is C13H15F2N5O3. The van der Waals surface area contributed by atoms with Gasteiger partial charge in [-0.15, -0.1) is 0 Å². The van der Waals surface area contributed by atoms with Crippen molar-refractivity contribution in [1.82, 2.24) is 19.4 Å². The minimum Gasteiger partial charge on any atom is -0.346 e. The van der Waals surface area contributed by atoms with Gasteiger partial charge in [0, 0.05) is 20.3 Å². The second-order valence-corrected chi connectivity index (χ2v) is 5.04. The number of carbonyl (C=O) groups excluding carboxylic acids is 1. The highest BCUT2D eigenvalue weighted by Gasteiger charge is 2.27. The van der Waals surface area contributed by atoms with Crippen LogP contribution in [0.1, 0.15) is 10.4 Å². The molecular weight excluding hydrogens is 312 g/mol. The van der Waals surface area contributed by atoms with Gasteiger partial charge in [-0.05, 0) is 6.07 Å². The summed E-state index contributed by atoms with van der Waals surface area (Å²) in [5.41, 5.74) is 3.73. The number of pyridine rings is 1. The average molecular weight is 327 g/mol. The minimum absolute atomic E-state index is 0.0350. The summed E-state index contributed by atoms with van der Waals surface area (Å²) in [6.07, 6.45) is 1.11. The molecule has 0 fully saturated rings. The van der Waals surface area contributed by atoms with E-state index in [4.69, 9.17) is 5.73 Å². The lowest BCUT2D eigenvalue weighted by Gasteiger charge is -2.14. The summed E-state index contributed by atoms with van der Waals surface area (Å²) >= 11 is 0. The largest absolute Gasteiger partial charge is 0.346 e. The number of hydrogen-bond acceptors (Lipinski definition) is 5. The predicted molar refractivity (Wildman–Crippen MR) is 78.6 cm³/mol. The second kappa shape index (κ2) is 5.88. The third-order valence-corrected chi connectivity index (χ3v) is 3.36. The molecule has 0 saturated carbocycles. The molecule has 0 unspecified atom stereocenters. The van der Waals surface area contributed by atoms with E-state index in [1.807, 2.05) is 5.32 Å². The molecule has 0 aliphatic carbocycles. The molecule has 2 heterocycles. The number of halogens is 2. The van der Waals surface area contributed by atoms with E-state index in [2.05, 4.69) is 4.98 Å². The predicted octanol–water partition coefficient (Wildman–Crippen LogP) is -1.04. The first-order chi connectivity index (χ1) is 10.7. The van der Waals surface area contributed by atoms with Crippen molar-refractivity contribution >= 4 is 16.9 Å². The number of aromatic nitrogens is 3. The fourth-order valence-corrected chi connectivity index (χ4v) is 1.97. The van der Waals surface area contributed by atoms with Gasteiger partial charge < -0.3 is 11.1 Å². The highest BCUT2D eigenvalue weighted by molar-refractivity contribution is 5.96. The lowest BCUT2D eigenvalue weighted by atomic mass is 10.2. The maximum atomic E-state index is 13.0. The van der Waals surface area contributed by atoms with Crippen LogP contribution in [0.4, 0.5) is 8.78 Å². The van der Waals surface area contributed by atoms with Crippen LogP contribution >= 0.6 is 0 Å². The van der Waals surface area contributed by atoms with Gasteiger partial charge in [0.15, 0.2) is 0 Å². The van der Waals surface area contributed by atoms with E-state index in [9.17, 15) is 23.2 Å². The Morgan fingerprint density at radius 1 is 1.35 bits per heavy atom. The van der Waals surface area contributed by atoms with Crippen molar-refractivity contribution in [3.8, 4) is 0 Å². The third-order valence-electron chi connectivity index (χ3n) is 3.36. The molecule has 2 aromatic heterocycles. The number of carbonyl (C=O) groups is 1. The van der Waals surface area contributed by atoms with Crippen molar-refractivity contribution in [2.75, 3.05) is 13.1 Å². The number of hydrogen-bond donors (Lipinski definition) is 2. The van der Waals surface area contributed by atoms with Crippen molar-refractivity contribution in [2.24, 2.45) is 19.8 Å². The minimum atomic E-state index is -3.22. The molecule has 2 rings (SSSR count). The topological polar surface area (TPSA) is 112 Å². The van der Waals surface area contributed by atoms with E-state index in [1.54, 1.807) is 0 Å². The van der Waals surface area contributed by atoms with Gasteiger partial charge in [0.25, 0.3) is 17.4 Å². The maximum Gasteiger partial charge on any atom is 0.332 e. The molecule has 23 heavy (non-hydrogen) atoms. The highest BCUT2D eigenvalue weighted by atomic mass is 19.3. The number of nitrogens with one attached hydrogen (secondary N) is 1. The molecule has 10 heteroatoms. The van der Waals surface area contributed by atoms with Gasteiger partial charge in [-0.25, -0.2) is 18.6 Å². The summed E-state index contributed by atoms with van der Waals surface area (Å²) < 4.78 is 28.1. The monoisotopic (exact) mass is 327 g/mol. The lowest BCUT2D eigenvalue weighted by Crippen LogP contribution is -2.41. The van der Waals surface area contributed by atoms with Crippen molar-refractivity contribution in [1.29, 1.82) is 0 Å². The number of alkyl halides is 2. The van der Waals surface area contributed by atoms with Crippen LogP contribution in [-0.2, 0) is 14.1 Å². The summed E-state index contributed by atoms with van der Waals surface area (Å²) in [5, 5.41) is 2.06. The van der Waals surface area contributed by atoms with Crippen molar-refractivity contribution in [3.63, 3.8) is 0 Å². The molecule has 1 amide bonds. The molecule has 124 valence electrons. The Balaban J connectivity index is 2.43. The van der Waals surface area contributed by atoms with Crippen molar-refractivity contribution in [3.05, 3.63) is 38.7 Å². The van der Waals surface area contributed by atoms with E-state index in [0.29, 0.717) is 0 Å². The molecule has 3 N–H and O–H groups in total. The van der Waals surface area contributed by atoms with E-state index in [-0.39, 0.29) is 16.6 Å². The van der Waals surface area contributed by atoms with Crippen LogP contribution in [0.5, 0.6) is 0 Å². The fraction of sp³-hybridized carbons (Fsp3) is 0.385. The van der Waals surface area contributed by atoms with Crippen LogP contribution in [0.25, 0.3) is 11.0 Å². The molecule has 0 bridgehead atoms. The summed E-state index contributed by atoms with van der Waals surface area (Å²) in [6.45, 7) is -1.82. The summed E-state index contributed by atoms with van der Waals surface area (Å²) in [7, 11) is 2.72. The Hall–Kier alpha value is -2.62. The first-order valence-electron chi connectivity index (χ1n) is 6.60. The highest BCUT2D eigenvalue weighted by Crippen LogP contribution is 2.11. The molecule has 8 nitrogen and oxygen atoms in total. The van der Waals surface area contributed by atoms with Gasteiger partial charge in [0.05, 0.1) is 24.0 Å². The summed E-state index contributed by atoms with van der Waals surface area (Å²) in [6, 6.07) is 1.21. The van der Waals surface area contributed by atoms with Crippen molar-refractivity contribution < 1.29 is 13.6 Å². The first-order valence-corrected chi connectivity index (χ1v) is 6.60. The van der Waals surface area contributed by atoms with Gasteiger partial charge >= 0.3 is 5.69 Å². The lowest BCUT2D eigenvalue weighted by molar-refractivity contribution is 0.0118. The maximum absolute atomic E-state index is 13.0. The van der Waals surface area contributed by atoms with Gasteiger partial charge in [0.2, 0.25) is 0 Å². The number of aryl methyl sites for hydroxylation is 1. The summed E-state index contributed by atoms with van der Waals surface area (Å²) in [4.78, 5) is 39.7. The van der Waals surface area contributed by atoms with Gasteiger partial charge in [0.1, 0.15) is 5.65 Å². The molecule has 0 aliphatic heterocycles. The van der Waals surface area contributed by atoms with E-state index in [1.165, 1.54) is 20.2 Å². The van der Waals surface area contributed by atoms with Gasteiger partial charge in [-0.2, -0.15) is 0 Å². The quantitative estimate of drug-likeness (QED) is 0.745. The fourth-order valence-electron chi connectivity index (χ4n) is 1.97. The molecule has 0 atom stereocenters. The van der Waals surface area contributed by atoms with E-state index >= 15 is 0 Å². The number of rotatable bonds is 4. The van der Waals surface area contributed by atoms with E-state index in [0.717, 1.165) is 15.3 Å². The number of fused-ring (bicyclic) bond motifs is 1. The third kappa shape index (κ3) is 3.11. The van der Waals surface area contributed by atoms with Gasteiger partial charge in [-0.1, -0.05) is 0 Å². The zero-order chi connectivity index (χ0) is 17.4. The van der Waals surface area contributed by atoms with Crippen LogP contribution in [-0.4, -0.2) is 39.0 Å². The zero-order valence-electron chi connectivity index (χ0n) is 12.5. The second-order valence-electron chi connectivity index (χ2n) is 5.04. The molecule has 0 radical (unpaired) electrons. The van der Waals surface area contributed by atoms with Crippen LogP contribution in [0.15, 0.2) is 21.9 Å². The van der Waals surface area contributed by atoms with Crippen molar-refractivity contribution in [2.45, 2.75) is 5.92 Å². The SMILES string of the molecule is Cn1c(=O)c2cc(C(=O)NCC(F)(F)CN)cnc2n(C)c1=O. The molecule has 0 spiro atoms. The zero-order valence-corrected chi connectivity index (χ0v) is 12.5. The molecule has 0 aromatic carbocycles. The van der Waals surface area contributed by atoms with Crippen LogP contribution in [0, 0.1) is 0 Å². The standard InChI is InChI=1S/C13H15F2N5O3/c1-19-9-8(11(22)20(2)12(19)23)3-7(4-17-9)10(21)18-6-13(14,15)5-16/h3-4H,5-6,16H2,1-2H3,(H,18,21). The van der Waals surface area contributed by atoms with Crippen LogP contribution in [0.3, 0.4) is 0 Å². The molecule has 2 aromatic rings. The Kier molecular flexibility index (Phi) is 4.28. The van der Waals surface area contributed by atoms with Crippen LogP contribution in [0.2, 0.25) is 0 Å². The van der Waals surface area contributed by atoms with E-state index < -0.39 is 36.2 Å². The molecule has 0 aliphatic rings. The normalized spacial score (nSPS) is 11.7.